The number of carbonyl (C=O) groups excluding carboxylic acids is 2. The smallest absolute Gasteiger partial charge is 0.314 e. The van der Waals surface area contributed by atoms with Crippen LogP contribution in [0.4, 0.5) is 5.69 Å². The molecule has 29 heavy (non-hydrogen) atoms. The molecule has 1 aliphatic carbocycles. The number of hydrogen-bond acceptors (Lipinski definition) is 7. The van der Waals surface area contributed by atoms with Gasteiger partial charge in [0.25, 0.3) is 0 Å². The van der Waals surface area contributed by atoms with E-state index in [-0.39, 0.29) is 29.8 Å². The lowest BCUT2D eigenvalue weighted by atomic mass is 9.74. The minimum atomic E-state index is -0.713. The monoisotopic (exact) mass is 414 g/mol. The Balaban J connectivity index is 1.79. The number of benzene rings is 1. The lowest BCUT2D eigenvalue weighted by molar-refractivity contribution is -0.386. The lowest BCUT2D eigenvalue weighted by Gasteiger charge is -2.34. The molecule has 1 amide bonds. The summed E-state index contributed by atoms with van der Waals surface area (Å²) in [5.41, 5.74) is 0.943. The first-order chi connectivity index (χ1) is 13.9. The van der Waals surface area contributed by atoms with Crippen LogP contribution in [0, 0.1) is 10.1 Å². The maximum absolute atomic E-state index is 13.0. The van der Waals surface area contributed by atoms with E-state index in [1.54, 1.807) is 11.3 Å². The predicted molar refractivity (Wildman–Crippen MR) is 105 cm³/mol. The van der Waals surface area contributed by atoms with Gasteiger partial charge in [0.1, 0.15) is 0 Å². The zero-order valence-corrected chi connectivity index (χ0v) is 16.3. The molecule has 2 aliphatic rings. The standard InChI is InChI=1S/C20H18N2O6S/c1-28-16-8-10(6-14(20(16)25)22(26)27)12-9-18(24)21-13-5-11(7-15(23)19(12)13)17-3-2-4-29-17/h2-4,6,8,11-12,25H,5,7,9H2,1H3,(H,21,24)/t11-,12+/m0/s1. The summed E-state index contributed by atoms with van der Waals surface area (Å²) in [6.45, 7) is 0. The number of phenolic OH excluding ortho intramolecular Hbond substituents is 1. The summed E-state index contributed by atoms with van der Waals surface area (Å²) >= 11 is 1.57. The fraction of sp³-hybridized carbons (Fsp3) is 0.300. The molecule has 0 saturated heterocycles. The third-order valence-corrected chi connectivity index (χ3v) is 6.41. The van der Waals surface area contributed by atoms with E-state index in [1.807, 2.05) is 17.5 Å². The quantitative estimate of drug-likeness (QED) is 0.585. The Morgan fingerprint density at radius 3 is 2.72 bits per heavy atom. The highest BCUT2D eigenvalue weighted by Gasteiger charge is 2.39. The maximum atomic E-state index is 13.0. The number of nitro groups is 1. The van der Waals surface area contributed by atoms with Gasteiger partial charge in [0, 0.05) is 46.9 Å². The zero-order valence-electron chi connectivity index (χ0n) is 15.5. The van der Waals surface area contributed by atoms with Crippen molar-refractivity contribution < 1.29 is 24.4 Å². The van der Waals surface area contributed by atoms with Crippen LogP contribution in [0.25, 0.3) is 0 Å². The molecular weight excluding hydrogens is 396 g/mol. The number of nitrogens with zero attached hydrogens (tertiary/aromatic N) is 1. The number of Topliss-reactive ketones (excluding diaryl/α,β-unsaturated/α-hetero) is 1. The number of ketones is 1. The molecule has 8 nitrogen and oxygen atoms in total. The van der Waals surface area contributed by atoms with E-state index >= 15 is 0 Å². The van der Waals surface area contributed by atoms with Gasteiger partial charge in [-0.15, -0.1) is 11.3 Å². The molecule has 2 aromatic rings. The number of ether oxygens (including phenoxy) is 1. The van der Waals surface area contributed by atoms with Gasteiger partial charge in [-0.05, 0) is 29.5 Å². The first-order valence-electron chi connectivity index (χ1n) is 9.03. The van der Waals surface area contributed by atoms with E-state index in [4.69, 9.17) is 4.74 Å². The maximum Gasteiger partial charge on any atom is 0.314 e. The third kappa shape index (κ3) is 3.38. The number of amides is 1. The normalized spacial score (nSPS) is 21.6. The summed E-state index contributed by atoms with van der Waals surface area (Å²) in [7, 11) is 1.29. The van der Waals surface area contributed by atoms with E-state index in [0.29, 0.717) is 29.7 Å². The highest BCUT2D eigenvalue weighted by atomic mass is 32.1. The molecule has 9 heteroatoms. The van der Waals surface area contributed by atoms with E-state index in [9.17, 15) is 24.8 Å². The van der Waals surface area contributed by atoms with Gasteiger partial charge in [-0.2, -0.15) is 0 Å². The number of carbonyl (C=O) groups is 2. The Morgan fingerprint density at radius 2 is 2.07 bits per heavy atom. The van der Waals surface area contributed by atoms with Gasteiger partial charge < -0.3 is 15.2 Å². The molecule has 1 aromatic heterocycles. The number of aromatic hydroxyl groups is 1. The Morgan fingerprint density at radius 1 is 1.28 bits per heavy atom. The fourth-order valence-electron chi connectivity index (χ4n) is 4.08. The van der Waals surface area contributed by atoms with Crippen molar-refractivity contribution in [2.24, 2.45) is 0 Å². The van der Waals surface area contributed by atoms with E-state index < -0.39 is 22.3 Å². The Kier molecular flexibility index (Phi) is 4.83. The molecule has 0 saturated carbocycles. The summed E-state index contributed by atoms with van der Waals surface area (Å²) in [6, 6.07) is 6.57. The average Bonchev–Trinajstić information content (AvgIpc) is 3.21. The topological polar surface area (TPSA) is 119 Å². The zero-order chi connectivity index (χ0) is 20.7. The van der Waals surface area contributed by atoms with Gasteiger partial charge in [0.2, 0.25) is 11.7 Å². The second-order valence-electron chi connectivity index (χ2n) is 7.09. The molecule has 0 bridgehead atoms. The summed E-state index contributed by atoms with van der Waals surface area (Å²) in [5, 5.41) is 26.2. The molecule has 4 rings (SSSR count). The fourth-order valence-corrected chi connectivity index (χ4v) is 4.91. The molecule has 2 N–H and O–H groups in total. The second kappa shape index (κ2) is 7.32. The molecule has 0 radical (unpaired) electrons. The van der Waals surface area contributed by atoms with Gasteiger partial charge >= 0.3 is 5.69 Å². The van der Waals surface area contributed by atoms with Crippen molar-refractivity contribution >= 4 is 28.7 Å². The molecule has 1 aromatic carbocycles. The minimum absolute atomic E-state index is 0.000669. The minimum Gasteiger partial charge on any atom is -0.500 e. The molecule has 1 aliphatic heterocycles. The van der Waals surface area contributed by atoms with Crippen LogP contribution in [0.1, 0.15) is 41.5 Å². The van der Waals surface area contributed by atoms with Crippen molar-refractivity contribution in [3.63, 3.8) is 0 Å². The van der Waals surface area contributed by atoms with Crippen LogP contribution < -0.4 is 10.1 Å². The van der Waals surface area contributed by atoms with Crippen LogP contribution in [-0.2, 0) is 9.59 Å². The van der Waals surface area contributed by atoms with E-state index in [1.165, 1.54) is 19.2 Å². The number of methoxy groups -OCH3 is 1. The molecule has 0 unspecified atom stereocenters. The number of nitro benzene ring substituents is 1. The number of rotatable bonds is 4. The third-order valence-electron chi connectivity index (χ3n) is 5.38. The van der Waals surface area contributed by atoms with Crippen LogP contribution in [0.2, 0.25) is 0 Å². The first kappa shape index (κ1) is 19.1. The number of nitrogens with one attached hydrogen (secondary N) is 1. The molecule has 2 atom stereocenters. The number of hydrogen-bond donors (Lipinski definition) is 2. The van der Waals surface area contributed by atoms with Crippen LogP contribution in [-0.4, -0.2) is 28.8 Å². The highest BCUT2D eigenvalue weighted by Crippen LogP contribution is 2.46. The van der Waals surface area contributed by atoms with E-state index in [0.717, 1.165) is 4.88 Å². The van der Waals surface area contributed by atoms with Crippen molar-refractivity contribution in [3.05, 3.63) is 61.5 Å². The van der Waals surface area contributed by atoms with Crippen LogP contribution in [0.3, 0.4) is 0 Å². The molecule has 150 valence electrons. The van der Waals surface area contributed by atoms with E-state index in [2.05, 4.69) is 5.32 Å². The molecule has 0 fully saturated rings. The summed E-state index contributed by atoms with van der Waals surface area (Å²) in [6.07, 6.45) is 0.851. The van der Waals surface area contributed by atoms with Crippen LogP contribution in [0.15, 0.2) is 40.9 Å². The molecular formula is C20H18N2O6S. The molecule has 2 heterocycles. The highest BCUT2D eigenvalue weighted by molar-refractivity contribution is 7.10. The van der Waals surface area contributed by atoms with Gasteiger partial charge in [-0.1, -0.05) is 6.07 Å². The largest absolute Gasteiger partial charge is 0.500 e. The van der Waals surface area contributed by atoms with Gasteiger partial charge in [0.15, 0.2) is 11.5 Å². The van der Waals surface area contributed by atoms with Crippen LogP contribution >= 0.6 is 11.3 Å². The van der Waals surface area contributed by atoms with Gasteiger partial charge in [-0.25, -0.2) is 0 Å². The lowest BCUT2D eigenvalue weighted by Crippen LogP contribution is -2.38. The van der Waals surface area contributed by atoms with Crippen molar-refractivity contribution in [1.82, 2.24) is 5.32 Å². The van der Waals surface area contributed by atoms with Gasteiger partial charge in [-0.3, -0.25) is 19.7 Å². The number of phenols is 1. The van der Waals surface area contributed by atoms with Crippen molar-refractivity contribution in [1.29, 1.82) is 0 Å². The van der Waals surface area contributed by atoms with Crippen molar-refractivity contribution in [3.8, 4) is 11.5 Å². The number of thiophene rings is 1. The number of allylic oxidation sites excluding steroid dienone is 2. The van der Waals surface area contributed by atoms with Crippen molar-refractivity contribution in [2.45, 2.75) is 31.1 Å². The van der Waals surface area contributed by atoms with Gasteiger partial charge in [0.05, 0.1) is 12.0 Å². The average molecular weight is 414 g/mol. The Labute approximate surface area is 170 Å². The van der Waals surface area contributed by atoms with Crippen molar-refractivity contribution in [2.75, 3.05) is 7.11 Å². The summed E-state index contributed by atoms with van der Waals surface area (Å²) in [5.74, 6) is -1.59. The molecule has 0 spiro atoms. The summed E-state index contributed by atoms with van der Waals surface area (Å²) in [4.78, 5) is 37.1. The second-order valence-corrected chi connectivity index (χ2v) is 8.07. The van der Waals surface area contributed by atoms with Crippen LogP contribution in [0.5, 0.6) is 11.5 Å². The summed E-state index contributed by atoms with van der Waals surface area (Å²) < 4.78 is 5.07. The first-order valence-corrected chi connectivity index (χ1v) is 9.91. The Hall–Kier alpha value is -3.20. The predicted octanol–water partition coefficient (Wildman–Crippen LogP) is 3.37. The SMILES string of the molecule is COc1cc([C@H]2CC(=O)NC3=C2C(=O)C[C@@H](c2cccs2)C3)cc([N+](=O)[O-])c1O. The Bertz CT molecular complexity index is 1040.